The van der Waals surface area contributed by atoms with Crippen LogP contribution in [0.3, 0.4) is 0 Å². The van der Waals surface area contributed by atoms with E-state index in [4.69, 9.17) is 5.73 Å². The molecule has 0 aliphatic rings. The van der Waals surface area contributed by atoms with Gasteiger partial charge in [-0.15, -0.1) is 0 Å². The zero-order valence-corrected chi connectivity index (χ0v) is 9.13. The van der Waals surface area contributed by atoms with E-state index in [1.54, 1.807) is 0 Å². The number of nitrogens with one attached hydrogen (secondary N) is 1. The second-order valence-corrected chi connectivity index (χ2v) is 3.60. The molecule has 11 heteroatoms. The number of rotatable bonds is 1. The van der Waals surface area contributed by atoms with Gasteiger partial charge >= 0.3 is 18.7 Å². The van der Waals surface area contributed by atoms with Crippen molar-refractivity contribution in [3.05, 3.63) is 23.3 Å². The maximum atomic E-state index is 12.5. The third kappa shape index (κ3) is 3.84. The molecule has 0 unspecified atom stereocenters. The first-order valence-corrected chi connectivity index (χ1v) is 4.64. The van der Waals surface area contributed by atoms with Gasteiger partial charge in [0.1, 0.15) is 0 Å². The number of nitrogen functional groups attached to an aromatic ring is 1. The van der Waals surface area contributed by atoms with Gasteiger partial charge in [-0.25, -0.2) is 0 Å². The monoisotopic (exact) mass is 312 g/mol. The first-order valence-electron chi connectivity index (χ1n) is 4.64. The number of nitrogens with two attached hydrogens (primary N) is 1. The number of alkyl halides is 9. The standard InChI is InChI=1S/C9H5F9N2/c10-7(11,12)3-2-6(20-9(16,17)18)4(1-5(3)19)8(13,14)15/h1-2,20H,19H2. The summed E-state index contributed by atoms with van der Waals surface area (Å²) >= 11 is 0. The highest BCUT2D eigenvalue weighted by Crippen LogP contribution is 2.43. The minimum absolute atomic E-state index is 0.198. The van der Waals surface area contributed by atoms with Crippen molar-refractivity contribution in [1.29, 1.82) is 0 Å². The van der Waals surface area contributed by atoms with Gasteiger partial charge in [-0.3, -0.25) is 5.32 Å². The molecule has 0 amide bonds. The Morgan fingerprint density at radius 1 is 0.750 bits per heavy atom. The lowest BCUT2D eigenvalue weighted by Crippen LogP contribution is -2.24. The first-order chi connectivity index (χ1) is 8.72. The van der Waals surface area contributed by atoms with Crippen molar-refractivity contribution in [3.63, 3.8) is 0 Å². The summed E-state index contributed by atoms with van der Waals surface area (Å²) in [6.07, 6.45) is -15.8. The fourth-order valence-electron chi connectivity index (χ4n) is 1.35. The van der Waals surface area contributed by atoms with Crippen LogP contribution in [0.5, 0.6) is 0 Å². The van der Waals surface area contributed by atoms with Crippen molar-refractivity contribution in [3.8, 4) is 0 Å². The van der Waals surface area contributed by atoms with Crippen LogP contribution in [0.25, 0.3) is 0 Å². The zero-order chi connectivity index (χ0) is 15.9. The number of anilines is 2. The number of hydrogen-bond acceptors (Lipinski definition) is 2. The van der Waals surface area contributed by atoms with Gasteiger partial charge in [-0.2, -0.15) is 39.5 Å². The highest BCUT2D eigenvalue weighted by molar-refractivity contribution is 5.64. The quantitative estimate of drug-likeness (QED) is 0.462. The van der Waals surface area contributed by atoms with Gasteiger partial charge in [-0.05, 0) is 12.1 Å². The Kier molecular flexibility index (Phi) is 3.76. The highest BCUT2D eigenvalue weighted by atomic mass is 19.4. The zero-order valence-electron chi connectivity index (χ0n) is 9.13. The predicted octanol–water partition coefficient (Wildman–Crippen LogP) is 4.24. The lowest BCUT2D eigenvalue weighted by molar-refractivity contribution is -0.141. The van der Waals surface area contributed by atoms with Crippen LogP contribution in [0.2, 0.25) is 0 Å². The third-order valence-electron chi connectivity index (χ3n) is 2.08. The highest BCUT2D eigenvalue weighted by Gasteiger charge is 2.41. The topological polar surface area (TPSA) is 38.0 Å². The Labute approximate surface area is 105 Å². The summed E-state index contributed by atoms with van der Waals surface area (Å²) in [7, 11) is 0. The van der Waals surface area contributed by atoms with Crippen molar-refractivity contribution in [2.75, 3.05) is 11.1 Å². The summed E-state index contributed by atoms with van der Waals surface area (Å²) in [6.45, 7) is 0. The summed E-state index contributed by atoms with van der Waals surface area (Å²) in [5.41, 5.74) is -2.02. The number of halogens is 9. The molecule has 1 rings (SSSR count). The van der Waals surface area contributed by atoms with E-state index >= 15 is 0 Å². The van der Waals surface area contributed by atoms with E-state index in [1.165, 1.54) is 0 Å². The summed E-state index contributed by atoms with van der Waals surface area (Å²) < 4.78 is 111. The Hall–Kier alpha value is -1.81. The van der Waals surface area contributed by atoms with Crippen LogP contribution < -0.4 is 11.1 Å². The van der Waals surface area contributed by atoms with E-state index < -0.39 is 41.2 Å². The van der Waals surface area contributed by atoms with Crippen molar-refractivity contribution in [1.82, 2.24) is 0 Å². The molecule has 0 radical (unpaired) electrons. The fourth-order valence-corrected chi connectivity index (χ4v) is 1.35. The second kappa shape index (κ2) is 4.63. The van der Waals surface area contributed by atoms with Gasteiger partial charge in [-0.1, -0.05) is 0 Å². The number of hydrogen-bond donors (Lipinski definition) is 2. The normalized spacial score (nSPS) is 13.4. The predicted molar refractivity (Wildman–Crippen MR) is 50.5 cm³/mol. The van der Waals surface area contributed by atoms with E-state index in [9.17, 15) is 39.5 Å². The molecule has 1 aromatic carbocycles. The van der Waals surface area contributed by atoms with E-state index in [2.05, 4.69) is 0 Å². The number of benzene rings is 1. The molecule has 1 aromatic rings. The molecule has 3 N–H and O–H groups in total. The lowest BCUT2D eigenvalue weighted by atomic mass is 10.1. The van der Waals surface area contributed by atoms with Crippen molar-refractivity contribution >= 4 is 11.4 Å². The van der Waals surface area contributed by atoms with Crippen LogP contribution in [-0.4, -0.2) is 6.30 Å². The maximum absolute atomic E-state index is 12.5. The van der Waals surface area contributed by atoms with Crippen LogP contribution in [0.1, 0.15) is 11.1 Å². The molecule has 0 saturated heterocycles. The Bertz CT molecular complexity index is 498. The average molecular weight is 312 g/mol. The van der Waals surface area contributed by atoms with Crippen LogP contribution in [0.4, 0.5) is 50.9 Å². The minimum Gasteiger partial charge on any atom is -0.398 e. The molecule has 0 atom stereocenters. The Balaban J connectivity index is 3.51. The summed E-state index contributed by atoms with van der Waals surface area (Å²) in [6, 6.07) is -0.525. The summed E-state index contributed by atoms with van der Waals surface area (Å²) in [5.74, 6) is 0. The smallest absolute Gasteiger partial charge is 0.398 e. The SMILES string of the molecule is Nc1cc(C(F)(F)F)c(NC(F)(F)F)cc1C(F)(F)F. The van der Waals surface area contributed by atoms with Gasteiger partial charge in [0.25, 0.3) is 0 Å². The van der Waals surface area contributed by atoms with Gasteiger partial charge in [0.15, 0.2) is 0 Å². The maximum Gasteiger partial charge on any atom is 0.482 e. The molecule has 114 valence electrons. The van der Waals surface area contributed by atoms with Crippen molar-refractivity contribution < 1.29 is 39.5 Å². The molecule has 0 spiro atoms. The summed E-state index contributed by atoms with van der Waals surface area (Å²) in [4.78, 5) is 0. The fraction of sp³-hybridized carbons (Fsp3) is 0.333. The molecule has 0 saturated carbocycles. The molecule has 0 heterocycles. The largest absolute Gasteiger partial charge is 0.482 e. The summed E-state index contributed by atoms with van der Waals surface area (Å²) in [5, 5.41) is 0.420. The third-order valence-corrected chi connectivity index (χ3v) is 2.08. The molecule has 0 aromatic heterocycles. The van der Waals surface area contributed by atoms with Crippen molar-refractivity contribution in [2.45, 2.75) is 18.7 Å². The molecule has 2 nitrogen and oxygen atoms in total. The van der Waals surface area contributed by atoms with Gasteiger partial charge in [0, 0.05) is 5.69 Å². The van der Waals surface area contributed by atoms with E-state index in [-0.39, 0.29) is 12.1 Å². The Morgan fingerprint density at radius 3 is 1.55 bits per heavy atom. The molecule has 0 fully saturated rings. The van der Waals surface area contributed by atoms with Crippen LogP contribution in [-0.2, 0) is 12.4 Å². The molecule has 0 aliphatic carbocycles. The first kappa shape index (κ1) is 16.2. The Morgan fingerprint density at radius 2 is 1.20 bits per heavy atom. The molecular formula is C9H5F9N2. The van der Waals surface area contributed by atoms with E-state index in [0.717, 1.165) is 0 Å². The van der Waals surface area contributed by atoms with Gasteiger partial charge in [0.05, 0.1) is 16.8 Å². The second-order valence-electron chi connectivity index (χ2n) is 3.60. The minimum atomic E-state index is -5.33. The van der Waals surface area contributed by atoms with Gasteiger partial charge in [0.2, 0.25) is 0 Å². The molecule has 0 bridgehead atoms. The van der Waals surface area contributed by atoms with E-state index in [0.29, 0.717) is 5.32 Å². The lowest BCUT2D eigenvalue weighted by Gasteiger charge is -2.19. The van der Waals surface area contributed by atoms with Crippen LogP contribution in [0.15, 0.2) is 12.1 Å². The molecule has 20 heavy (non-hydrogen) atoms. The van der Waals surface area contributed by atoms with Crippen LogP contribution in [0, 0.1) is 0 Å². The van der Waals surface area contributed by atoms with Crippen molar-refractivity contribution in [2.24, 2.45) is 0 Å². The molecule has 0 aliphatic heterocycles. The van der Waals surface area contributed by atoms with E-state index in [1.807, 2.05) is 0 Å². The van der Waals surface area contributed by atoms with Gasteiger partial charge < -0.3 is 5.73 Å². The van der Waals surface area contributed by atoms with Crippen LogP contribution >= 0.6 is 0 Å². The molecular weight excluding hydrogens is 307 g/mol. The average Bonchev–Trinajstić information content (AvgIpc) is 2.14.